The summed E-state index contributed by atoms with van der Waals surface area (Å²) in [6, 6.07) is 6.09. The standard InChI is InChI=1S/C15H22N2O/c1-4-15(5-2)13-11(10-16)8-7-9-12(13)17(6-3)14(15)18/h7-9H,4-6,10,16H2,1-3H3. The predicted molar refractivity (Wildman–Crippen MR) is 74.6 cm³/mol. The van der Waals surface area contributed by atoms with E-state index >= 15 is 0 Å². The van der Waals surface area contributed by atoms with Crippen molar-refractivity contribution in [1.29, 1.82) is 0 Å². The third kappa shape index (κ3) is 1.50. The second-order valence-electron chi connectivity index (χ2n) is 4.85. The minimum Gasteiger partial charge on any atom is -0.326 e. The predicted octanol–water partition coefficient (Wildman–Crippen LogP) is 2.57. The Bertz CT molecular complexity index is 464. The lowest BCUT2D eigenvalue weighted by molar-refractivity contribution is -0.123. The summed E-state index contributed by atoms with van der Waals surface area (Å²) in [6.07, 6.45) is 1.67. The second-order valence-corrected chi connectivity index (χ2v) is 4.85. The third-order valence-electron chi connectivity index (χ3n) is 4.30. The molecule has 1 aromatic carbocycles. The highest BCUT2D eigenvalue weighted by Gasteiger charge is 2.48. The van der Waals surface area contributed by atoms with E-state index in [1.54, 1.807) is 0 Å². The van der Waals surface area contributed by atoms with Gasteiger partial charge in [-0.15, -0.1) is 0 Å². The minimum absolute atomic E-state index is 0.242. The molecule has 2 N–H and O–H groups in total. The highest BCUT2D eigenvalue weighted by Crippen LogP contribution is 2.47. The van der Waals surface area contributed by atoms with Crippen molar-refractivity contribution in [3.63, 3.8) is 0 Å². The lowest BCUT2D eigenvalue weighted by Crippen LogP contribution is -2.39. The van der Waals surface area contributed by atoms with Crippen LogP contribution in [0, 0.1) is 0 Å². The Morgan fingerprint density at radius 1 is 1.22 bits per heavy atom. The summed E-state index contributed by atoms with van der Waals surface area (Å²) in [5.41, 5.74) is 8.84. The van der Waals surface area contributed by atoms with Crippen molar-refractivity contribution in [2.24, 2.45) is 5.73 Å². The maximum atomic E-state index is 12.7. The Labute approximate surface area is 109 Å². The normalized spacial score (nSPS) is 17.1. The van der Waals surface area contributed by atoms with E-state index in [2.05, 4.69) is 13.8 Å². The number of hydrogen-bond acceptors (Lipinski definition) is 2. The summed E-state index contributed by atoms with van der Waals surface area (Å²) < 4.78 is 0. The quantitative estimate of drug-likeness (QED) is 0.887. The fourth-order valence-corrected chi connectivity index (χ4v) is 3.23. The molecule has 1 aromatic rings. The largest absolute Gasteiger partial charge is 0.326 e. The van der Waals surface area contributed by atoms with Crippen LogP contribution < -0.4 is 10.6 Å². The molecule has 0 bridgehead atoms. The molecule has 0 saturated heterocycles. The molecule has 0 aliphatic carbocycles. The molecule has 2 rings (SSSR count). The van der Waals surface area contributed by atoms with Crippen molar-refractivity contribution in [2.75, 3.05) is 11.4 Å². The number of carbonyl (C=O) groups is 1. The number of benzene rings is 1. The Morgan fingerprint density at radius 2 is 1.89 bits per heavy atom. The maximum Gasteiger partial charge on any atom is 0.237 e. The molecule has 0 unspecified atom stereocenters. The van der Waals surface area contributed by atoms with Crippen LogP contribution in [-0.4, -0.2) is 12.5 Å². The van der Waals surface area contributed by atoms with E-state index in [1.165, 1.54) is 5.56 Å². The van der Waals surface area contributed by atoms with Gasteiger partial charge in [0.05, 0.1) is 5.41 Å². The first kappa shape index (κ1) is 13.1. The number of hydrogen-bond donors (Lipinski definition) is 1. The summed E-state index contributed by atoms with van der Waals surface area (Å²) in [5, 5.41) is 0. The molecule has 1 aliphatic rings. The number of anilines is 1. The fraction of sp³-hybridized carbons (Fsp3) is 0.533. The zero-order valence-corrected chi connectivity index (χ0v) is 11.5. The van der Waals surface area contributed by atoms with Crippen molar-refractivity contribution in [1.82, 2.24) is 0 Å². The first-order valence-corrected chi connectivity index (χ1v) is 6.80. The Morgan fingerprint density at radius 3 is 2.39 bits per heavy atom. The van der Waals surface area contributed by atoms with Crippen LogP contribution in [0.1, 0.15) is 44.7 Å². The topological polar surface area (TPSA) is 46.3 Å². The summed E-state index contributed by atoms with van der Waals surface area (Å²) in [5.74, 6) is 0.242. The molecule has 0 spiro atoms. The van der Waals surface area contributed by atoms with Gasteiger partial charge in [0.15, 0.2) is 0 Å². The van der Waals surface area contributed by atoms with Crippen LogP contribution in [0.2, 0.25) is 0 Å². The van der Waals surface area contributed by atoms with Crippen LogP contribution in [-0.2, 0) is 16.8 Å². The zero-order valence-electron chi connectivity index (χ0n) is 11.5. The number of nitrogens with zero attached hydrogens (tertiary/aromatic N) is 1. The van der Waals surface area contributed by atoms with Gasteiger partial charge < -0.3 is 10.6 Å². The lowest BCUT2D eigenvalue weighted by Gasteiger charge is -2.27. The highest BCUT2D eigenvalue weighted by atomic mass is 16.2. The molecule has 1 amide bonds. The number of amides is 1. The Balaban J connectivity index is 2.72. The summed E-state index contributed by atoms with van der Waals surface area (Å²) in [6.45, 7) is 7.44. The van der Waals surface area contributed by atoms with Gasteiger partial charge in [-0.1, -0.05) is 26.0 Å². The van der Waals surface area contributed by atoms with Crippen molar-refractivity contribution in [3.8, 4) is 0 Å². The number of rotatable bonds is 4. The average Bonchev–Trinajstić information content (AvgIpc) is 2.66. The monoisotopic (exact) mass is 246 g/mol. The number of nitrogens with two attached hydrogens (primary N) is 1. The molecular formula is C15H22N2O. The summed E-state index contributed by atoms with van der Waals surface area (Å²) in [7, 11) is 0. The van der Waals surface area contributed by atoms with Gasteiger partial charge in [-0.3, -0.25) is 4.79 Å². The van der Waals surface area contributed by atoms with E-state index in [1.807, 2.05) is 30.0 Å². The molecular weight excluding hydrogens is 224 g/mol. The molecule has 1 heterocycles. The molecule has 0 aromatic heterocycles. The molecule has 1 aliphatic heterocycles. The molecule has 0 fully saturated rings. The number of likely N-dealkylation sites (N-methyl/N-ethyl adjacent to an activating group) is 1. The van der Waals surface area contributed by atoms with E-state index in [0.717, 1.165) is 30.6 Å². The molecule has 0 atom stereocenters. The van der Waals surface area contributed by atoms with Gasteiger partial charge in [-0.2, -0.15) is 0 Å². The second kappa shape index (κ2) is 4.73. The average molecular weight is 246 g/mol. The van der Waals surface area contributed by atoms with Gasteiger partial charge in [-0.05, 0) is 37.0 Å². The third-order valence-corrected chi connectivity index (χ3v) is 4.30. The van der Waals surface area contributed by atoms with Crippen molar-refractivity contribution < 1.29 is 4.79 Å². The highest BCUT2D eigenvalue weighted by molar-refractivity contribution is 6.08. The van der Waals surface area contributed by atoms with Crippen LogP contribution >= 0.6 is 0 Å². The molecule has 3 heteroatoms. The molecule has 98 valence electrons. The van der Waals surface area contributed by atoms with E-state index in [-0.39, 0.29) is 11.3 Å². The van der Waals surface area contributed by atoms with Gasteiger partial charge in [0.1, 0.15) is 0 Å². The zero-order chi connectivity index (χ0) is 13.3. The molecule has 0 saturated carbocycles. The van der Waals surface area contributed by atoms with Crippen molar-refractivity contribution >= 4 is 11.6 Å². The van der Waals surface area contributed by atoms with Gasteiger partial charge in [0.25, 0.3) is 0 Å². The first-order chi connectivity index (χ1) is 8.66. The summed E-state index contributed by atoms with van der Waals surface area (Å²) in [4.78, 5) is 14.6. The lowest BCUT2D eigenvalue weighted by atomic mass is 9.75. The van der Waals surface area contributed by atoms with Crippen LogP contribution in [0.5, 0.6) is 0 Å². The van der Waals surface area contributed by atoms with E-state index < -0.39 is 0 Å². The SMILES string of the molecule is CCN1C(=O)C(CC)(CC)c2c(CN)cccc21. The van der Waals surface area contributed by atoms with Gasteiger partial charge in [0, 0.05) is 18.8 Å². The van der Waals surface area contributed by atoms with Gasteiger partial charge in [-0.25, -0.2) is 0 Å². The van der Waals surface area contributed by atoms with Crippen molar-refractivity contribution in [3.05, 3.63) is 29.3 Å². The molecule has 0 radical (unpaired) electrons. The molecule has 18 heavy (non-hydrogen) atoms. The van der Waals surface area contributed by atoms with Crippen LogP contribution in [0.25, 0.3) is 0 Å². The van der Waals surface area contributed by atoms with E-state index in [4.69, 9.17) is 5.73 Å². The first-order valence-electron chi connectivity index (χ1n) is 6.80. The van der Waals surface area contributed by atoms with Crippen LogP contribution in [0.15, 0.2) is 18.2 Å². The van der Waals surface area contributed by atoms with Crippen molar-refractivity contribution in [2.45, 2.75) is 45.6 Å². The number of fused-ring (bicyclic) bond motifs is 1. The van der Waals surface area contributed by atoms with Crippen LogP contribution in [0.3, 0.4) is 0 Å². The smallest absolute Gasteiger partial charge is 0.237 e. The molecule has 3 nitrogen and oxygen atoms in total. The Hall–Kier alpha value is -1.35. The van der Waals surface area contributed by atoms with E-state index in [0.29, 0.717) is 6.54 Å². The van der Waals surface area contributed by atoms with Gasteiger partial charge in [0.2, 0.25) is 5.91 Å². The Kier molecular flexibility index (Phi) is 3.44. The van der Waals surface area contributed by atoms with Crippen LogP contribution in [0.4, 0.5) is 5.69 Å². The summed E-state index contributed by atoms with van der Waals surface area (Å²) >= 11 is 0. The minimum atomic E-state index is -0.360. The fourth-order valence-electron chi connectivity index (χ4n) is 3.23. The van der Waals surface area contributed by atoms with E-state index in [9.17, 15) is 4.79 Å². The maximum absolute atomic E-state index is 12.7. The number of carbonyl (C=O) groups excluding carboxylic acids is 1. The van der Waals surface area contributed by atoms with Gasteiger partial charge >= 0.3 is 0 Å².